The summed E-state index contributed by atoms with van der Waals surface area (Å²) in [6, 6.07) is 21.2. The molecule has 1 aliphatic heterocycles. The quantitative estimate of drug-likeness (QED) is 0.659. The van der Waals surface area contributed by atoms with Crippen LogP contribution in [0.3, 0.4) is 0 Å². The minimum absolute atomic E-state index is 0.677. The van der Waals surface area contributed by atoms with Crippen LogP contribution in [0.25, 0.3) is 10.8 Å². The molecule has 0 radical (unpaired) electrons. The van der Waals surface area contributed by atoms with E-state index in [1.54, 1.807) is 14.2 Å². The fourth-order valence-electron chi connectivity index (χ4n) is 3.97. The molecular formula is C24H28N2O2. The second kappa shape index (κ2) is 8.53. The molecule has 28 heavy (non-hydrogen) atoms. The van der Waals surface area contributed by atoms with Crippen LogP contribution in [-0.2, 0) is 6.54 Å². The Morgan fingerprint density at radius 3 is 2.57 bits per heavy atom. The van der Waals surface area contributed by atoms with Crippen molar-refractivity contribution in [1.29, 1.82) is 0 Å². The number of hydrogen-bond acceptors (Lipinski definition) is 4. The van der Waals surface area contributed by atoms with Crippen LogP contribution in [0.1, 0.15) is 12.0 Å². The summed E-state index contributed by atoms with van der Waals surface area (Å²) < 4.78 is 10.7. The molecular weight excluding hydrogens is 348 g/mol. The summed E-state index contributed by atoms with van der Waals surface area (Å²) in [4.78, 5) is 2.46. The number of fused-ring (bicyclic) bond motifs is 1. The molecule has 4 heteroatoms. The second-order valence-corrected chi connectivity index (χ2v) is 7.48. The van der Waals surface area contributed by atoms with Crippen molar-refractivity contribution in [2.75, 3.05) is 38.8 Å². The molecule has 0 bridgehead atoms. The molecule has 0 saturated carbocycles. The van der Waals surface area contributed by atoms with Crippen LogP contribution >= 0.6 is 0 Å². The van der Waals surface area contributed by atoms with E-state index in [9.17, 15) is 0 Å². The van der Waals surface area contributed by atoms with Crippen LogP contribution in [0.5, 0.6) is 11.5 Å². The van der Waals surface area contributed by atoms with Gasteiger partial charge in [0.05, 0.1) is 14.2 Å². The lowest BCUT2D eigenvalue weighted by Gasteiger charge is -2.19. The van der Waals surface area contributed by atoms with E-state index in [1.807, 2.05) is 12.1 Å². The van der Waals surface area contributed by atoms with Crippen LogP contribution in [0, 0.1) is 5.92 Å². The first kappa shape index (κ1) is 18.6. The van der Waals surface area contributed by atoms with Crippen molar-refractivity contribution < 1.29 is 9.47 Å². The monoisotopic (exact) mass is 376 g/mol. The highest BCUT2D eigenvalue weighted by molar-refractivity contribution is 5.84. The summed E-state index contributed by atoms with van der Waals surface area (Å²) in [5, 5.41) is 6.12. The first-order valence-electron chi connectivity index (χ1n) is 9.91. The van der Waals surface area contributed by atoms with E-state index in [4.69, 9.17) is 9.47 Å². The minimum Gasteiger partial charge on any atom is -0.497 e. The third-order valence-electron chi connectivity index (χ3n) is 5.58. The van der Waals surface area contributed by atoms with Gasteiger partial charge < -0.3 is 19.7 Å². The van der Waals surface area contributed by atoms with Crippen molar-refractivity contribution in [3.05, 3.63) is 66.2 Å². The van der Waals surface area contributed by atoms with Gasteiger partial charge in [-0.3, -0.25) is 0 Å². The van der Waals surface area contributed by atoms with Crippen LogP contribution in [0.2, 0.25) is 0 Å². The Balaban J connectivity index is 1.30. The molecule has 4 nitrogen and oxygen atoms in total. The molecule has 1 heterocycles. The molecule has 146 valence electrons. The molecule has 4 rings (SSSR count). The zero-order valence-corrected chi connectivity index (χ0v) is 16.7. The Bertz CT molecular complexity index is 941. The van der Waals surface area contributed by atoms with Gasteiger partial charge in [-0.15, -0.1) is 0 Å². The maximum Gasteiger partial charge on any atom is 0.120 e. The van der Waals surface area contributed by atoms with E-state index in [0.717, 1.165) is 37.7 Å². The molecule has 0 amide bonds. The van der Waals surface area contributed by atoms with Crippen molar-refractivity contribution in [3.63, 3.8) is 0 Å². The molecule has 1 fully saturated rings. The smallest absolute Gasteiger partial charge is 0.120 e. The number of anilines is 1. The minimum atomic E-state index is 0.677. The van der Waals surface area contributed by atoms with Gasteiger partial charge in [-0.2, -0.15) is 0 Å². The molecule has 1 saturated heterocycles. The number of methoxy groups -OCH3 is 2. The lowest BCUT2D eigenvalue weighted by molar-refractivity contribution is 0.415. The molecule has 3 aromatic rings. The first-order valence-corrected chi connectivity index (χ1v) is 9.91. The highest BCUT2D eigenvalue weighted by atomic mass is 16.5. The number of benzene rings is 3. The van der Waals surface area contributed by atoms with Gasteiger partial charge in [-0.1, -0.05) is 24.3 Å². The molecule has 0 spiro atoms. The van der Waals surface area contributed by atoms with E-state index in [1.165, 1.54) is 28.4 Å². The first-order chi connectivity index (χ1) is 13.7. The van der Waals surface area contributed by atoms with Crippen LogP contribution in [0.15, 0.2) is 60.7 Å². The van der Waals surface area contributed by atoms with E-state index in [2.05, 4.69) is 58.7 Å². The van der Waals surface area contributed by atoms with Gasteiger partial charge in [0.2, 0.25) is 0 Å². The van der Waals surface area contributed by atoms with Gasteiger partial charge >= 0.3 is 0 Å². The number of nitrogens with one attached hydrogen (secondary N) is 1. The zero-order chi connectivity index (χ0) is 19.3. The maximum absolute atomic E-state index is 5.35. The lowest BCUT2D eigenvalue weighted by atomic mass is 10.1. The van der Waals surface area contributed by atoms with E-state index in [-0.39, 0.29) is 0 Å². The van der Waals surface area contributed by atoms with E-state index < -0.39 is 0 Å². The third kappa shape index (κ3) is 4.23. The summed E-state index contributed by atoms with van der Waals surface area (Å²) in [5.74, 6) is 2.50. The summed E-state index contributed by atoms with van der Waals surface area (Å²) >= 11 is 0. The molecule has 1 atom stereocenters. The molecule has 3 aromatic carbocycles. The zero-order valence-electron chi connectivity index (χ0n) is 16.7. The summed E-state index contributed by atoms with van der Waals surface area (Å²) in [6.45, 7) is 4.15. The van der Waals surface area contributed by atoms with Crippen molar-refractivity contribution >= 4 is 16.5 Å². The average Bonchev–Trinajstić information content (AvgIpc) is 3.22. The van der Waals surface area contributed by atoms with Gasteiger partial charge in [-0.05, 0) is 59.0 Å². The van der Waals surface area contributed by atoms with Gasteiger partial charge in [0.25, 0.3) is 0 Å². The highest BCUT2D eigenvalue weighted by Gasteiger charge is 2.22. The predicted octanol–water partition coefficient (Wildman–Crippen LogP) is 4.47. The average molecular weight is 377 g/mol. The standard InChI is InChI=1S/C24H28N2O2/c1-27-23-5-3-4-22(14-23)26-11-10-19(17-26)16-25-15-18-6-7-21-13-24(28-2)9-8-20(21)12-18/h3-9,12-14,19,25H,10-11,15-17H2,1-2H3/t19-/m0/s1. The van der Waals surface area contributed by atoms with Crippen LogP contribution in [0.4, 0.5) is 5.69 Å². The maximum atomic E-state index is 5.35. The fraction of sp³-hybridized carbons (Fsp3) is 0.333. The molecule has 1 N–H and O–H groups in total. The fourth-order valence-corrected chi connectivity index (χ4v) is 3.97. The lowest BCUT2D eigenvalue weighted by Crippen LogP contribution is -2.26. The summed E-state index contributed by atoms with van der Waals surface area (Å²) in [5.41, 5.74) is 2.58. The Kier molecular flexibility index (Phi) is 5.68. The SMILES string of the molecule is COc1cccc(N2CC[C@@H](CNCc3ccc4cc(OC)ccc4c3)C2)c1. The van der Waals surface area contributed by atoms with Crippen molar-refractivity contribution in [2.24, 2.45) is 5.92 Å². The van der Waals surface area contributed by atoms with Gasteiger partial charge in [0.15, 0.2) is 0 Å². The van der Waals surface area contributed by atoms with E-state index in [0.29, 0.717) is 5.92 Å². The highest BCUT2D eigenvalue weighted by Crippen LogP contribution is 2.27. The van der Waals surface area contributed by atoms with E-state index >= 15 is 0 Å². The Morgan fingerprint density at radius 2 is 1.71 bits per heavy atom. The van der Waals surface area contributed by atoms with Crippen LogP contribution in [-0.4, -0.2) is 33.9 Å². The molecule has 0 aliphatic carbocycles. The molecule has 0 unspecified atom stereocenters. The van der Waals surface area contributed by atoms with Crippen molar-refractivity contribution in [1.82, 2.24) is 5.32 Å². The number of rotatable bonds is 7. The van der Waals surface area contributed by atoms with Gasteiger partial charge in [0, 0.05) is 37.9 Å². The molecule has 0 aromatic heterocycles. The molecule has 1 aliphatic rings. The topological polar surface area (TPSA) is 33.7 Å². The second-order valence-electron chi connectivity index (χ2n) is 7.48. The summed E-state index contributed by atoms with van der Waals surface area (Å²) in [6.07, 6.45) is 1.22. The van der Waals surface area contributed by atoms with Crippen LogP contribution < -0.4 is 19.7 Å². The summed E-state index contributed by atoms with van der Waals surface area (Å²) in [7, 11) is 3.43. The van der Waals surface area contributed by atoms with Gasteiger partial charge in [-0.25, -0.2) is 0 Å². The predicted molar refractivity (Wildman–Crippen MR) is 116 cm³/mol. The Hall–Kier alpha value is -2.72. The normalized spacial score (nSPS) is 16.5. The van der Waals surface area contributed by atoms with Gasteiger partial charge in [0.1, 0.15) is 11.5 Å². The van der Waals surface area contributed by atoms with Crippen molar-refractivity contribution in [3.8, 4) is 11.5 Å². The number of hydrogen-bond donors (Lipinski definition) is 1. The Labute approximate surface area is 167 Å². The van der Waals surface area contributed by atoms with Crippen molar-refractivity contribution in [2.45, 2.75) is 13.0 Å². The number of nitrogens with zero attached hydrogens (tertiary/aromatic N) is 1. The largest absolute Gasteiger partial charge is 0.497 e. The third-order valence-corrected chi connectivity index (χ3v) is 5.58. The number of ether oxygens (including phenoxy) is 2. The Morgan fingerprint density at radius 1 is 0.929 bits per heavy atom.